The van der Waals surface area contributed by atoms with Crippen molar-refractivity contribution in [2.24, 2.45) is 5.34 Å². The molecule has 2 unspecified atom stereocenters. The van der Waals surface area contributed by atoms with Crippen molar-refractivity contribution in [3.05, 3.63) is 198 Å². The Labute approximate surface area is 474 Å². The molecule has 18 nitrogen and oxygen atoms in total. The zero-order valence-electron chi connectivity index (χ0n) is 40.5. The number of amides is 2. The molecule has 2 atom stereocenters. The van der Waals surface area contributed by atoms with Gasteiger partial charge < -0.3 is 40.9 Å². The van der Waals surface area contributed by atoms with Crippen molar-refractivity contribution in [3.8, 4) is 33.9 Å². The third-order valence-electron chi connectivity index (χ3n) is 12.4. The molecule has 9 aromatic rings. The summed E-state index contributed by atoms with van der Waals surface area (Å²) in [6.45, 7) is 0.178. The molecule has 2 amide bonds. The number of nitrogens with zero attached hydrogens (tertiary/aromatic N) is 9. The third kappa shape index (κ3) is 12.8. The summed E-state index contributed by atoms with van der Waals surface area (Å²) < 4.78 is 73.4. The van der Waals surface area contributed by atoms with Crippen molar-refractivity contribution in [2.75, 3.05) is 37.8 Å². The van der Waals surface area contributed by atoms with Crippen LogP contribution in [0.15, 0.2) is 148 Å². The van der Waals surface area contributed by atoms with Gasteiger partial charge in [0.15, 0.2) is 12.5 Å². The van der Waals surface area contributed by atoms with Gasteiger partial charge >= 0.3 is 29.6 Å². The third-order valence-corrected chi connectivity index (χ3v) is 13.4. The first-order chi connectivity index (χ1) is 36.7. The maximum absolute atomic E-state index is 14.7. The van der Waals surface area contributed by atoms with Crippen LogP contribution in [-0.2, 0) is 31.9 Å². The van der Waals surface area contributed by atoms with Crippen LogP contribution in [0.25, 0.3) is 44.9 Å². The van der Waals surface area contributed by atoms with Gasteiger partial charge in [0, 0.05) is 62.7 Å². The van der Waals surface area contributed by atoms with Crippen LogP contribution in [0, 0.1) is 33.4 Å². The largest absolute Gasteiger partial charge is 1.00 e. The number of ether oxygens (including phenoxy) is 2. The van der Waals surface area contributed by atoms with Crippen LogP contribution in [0.5, 0.6) is 0 Å². The van der Waals surface area contributed by atoms with E-state index in [0.29, 0.717) is 55.8 Å². The van der Waals surface area contributed by atoms with E-state index in [-0.39, 0.29) is 104 Å². The van der Waals surface area contributed by atoms with Crippen molar-refractivity contribution < 1.29 is 66.2 Å². The molecule has 6 aromatic carbocycles. The second-order valence-corrected chi connectivity index (χ2v) is 19.0. The molecule has 2 aliphatic heterocycles. The first-order valence-corrected chi connectivity index (χ1v) is 24.6. The second kappa shape index (κ2) is 24.8. The van der Waals surface area contributed by atoms with Crippen LogP contribution >= 0.6 is 31.9 Å². The molecule has 0 bridgehead atoms. The molecule has 388 valence electrons. The van der Waals surface area contributed by atoms with Crippen LogP contribution in [0.4, 0.5) is 28.9 Å². The van der Waals surface area contributed by atoms with Gasteiger partial charge in [0.25, 0.3) is 11.8 Å². The number of hydrogen-bond donors (Lipinski definition) is 3. The summed E-state index contributed by atoms with van der Waals surface area (Å²) in [5.41, 5.74) is 19.1. The van der Waals surface area contributed by atoms with E-state index in [4.69, 9.17) is 41.3 Å². The van der Waals surface area contributed by atoms with E-state index in [0.717, 1.165) is 25.7 Å². The van der Waals surface area contributed by atoms with Crippen molar-refractivity contribution in [2.45, 2.75) is 25.3 Å². The number of carbonyl (C=O) groups excluding carboxylic acids is 2. The van der Waals surface area contributed by atoms with E-state index in [1.54, 1.807) is 61.9 Å². The Balaban J connectivity index is 0.000000192. The monoisotopic (exact) mass is 1190 g/mol. The average Bonchev–Trinajstić information content (AvgIpc) is 4.29. The van der Waals surface area contributed by atoms with Crippen LogP contribution in [-0.4, -0.2) is 82.9 Å². The zero-order chi connectivity index (χ0) is 53.6. The van der Waals surface area contributed by atoms with Crippen LogP contribution in [0.2, 0.25) is 0 Å². The summed E-state index contributed by atoms with van der Waals surface area (Å²) in [6, 6.07) is 32.7. The number of nitrogen functional groups attached to an aromatic ring is 2. The number of carbonyl (C=O) groups is 2. The molecule has 5 N–H and O–H groups in total. The molecular weight excluding hydrogens is 1150 g/mol. The summed E-state index contributed by atoms with van der Waals surface area (Å²) in [7, 11) is 0. The van der Waals surface area contributed by atoms with E-state index in [9.17, 15) is 27.2 Å². The van der Waals surface area contributed by atoms with Gasteiger partial charge in [-0.05, 0) is 139 Å². The minimum atomic E-state index is -0.754. The quantitative estimate of drug-likeness (QED) is 0.0367. The van der Waals surface area contributed by atoms with Crippen LogP contribution < -0.4 is 41.0 Å². The van der Waals surface area contributed by atoms with Gasteiger partial charge in [0.2, 0.25) is 0 Å². The fourth-order valence-electron chi connectivity index (χ4n) is 8.58. The first-order valence-electron chi connectivity index (χ1n) is 23.0. The van der Waals surface area contributed by atoms with E-state index in [2.05, 4.69) is 47.3 Å². The van der Waals surface area contributed by atoms with Gasteiger partial charge in [-0.1, -0.05) is 31.9 Å². The molecule has 0 radical (unpaired) electrons. The van der Waals surface area contributed by atoms with E-state index < -0.39 is 24.1 Å². The van der Waals surface area contributed by atoms with Crippen LogP contribution in [0.3, 0.4) is 0 Å². The maximum atomic E-state index is 14.7. The smallest absolute Gasteiger partial charge is 0.444 e. The van der Waals surface area contributed by atoms with Crippen molar-refractivity contribution in [1.82, 2.24) is 44.8 Å². The number of aromatic amines is 1. The number of anilines is 2. The van der Waals surface area contributed by atoms with Crippen molar-refractivity contribution in [3.63, 3.8) is 0 Å². The summed E-state index contributed by atoms with van der Waals surface area (Å²) in [4.78, 5) is 36.7. The predicted molar refractivity (Wildman–Crippen MR) is 280 cm³/mol. The standard InChI is InChI=1S/C26H19BrF2N6O2.C26H22BrF2N5O2.HNO2.Na/c27-17-3-7-19(8-4-17)35-13-20(25(32-35)15-1-5-18(28)6-2-15)26-34(24(36)14-37-26)10-9-16-11-22-23(12-21(16)29)31-33-30-22;27-17-3-7-19(8-4-17)34-13-20(25(32-34)15-1-5-18(28)6-2-15)26-33(24(35)14-36-26)10-9-16-11-22(30)23(31)12-21(16)29;2-1-3;/h1-8,11-13,26H,9-10,14H2,(H,30,31,33);1-8,11-13,26H,9-10,14,30-31H2;(H,2,3);/q;;;+1/p-1. The number of nitrogens with two attached hydrogens (primary N) is 2. The van der Waals surface area contributed by atoms with Gasteiger partial charge in [0.1, 0.15) is 58.9 Å². The number of aromatic nitrogens is 7. The second-order valence-electron chi connectivity index (χ2n) is 17.1. The molecule has 2 aliphatic rings. The molecular formula is C52H41Br2F4N12NaO6. The molecule has 11 rings (SSSR count). The molecule has 77 heavy (non-hydrogen) atoms. The Bertz CT molecular complexity index is 3560. The summed E-state index contributed by atoms with van der Waals surface area (Å²) in [6.07, 6.45) is 2.58. The Morgan fingerprint density at radius 3 is 1.44 bits per heavy atom. The number of halogens is 6. The maximum Gasteiger partial charge on any atom is 1.00 e. The first kappa shape index (κ1) is 55.9. The predicted octanol–water partition coefficient (Wildman–Crippen LogP) is 7.05. The van der Waals surface area contributed by atoms with Gasteiger partial charge in [0.05, 0.1) is 22.7 Å². The minimum Gasteiger partial charge on any atom is -0.444 e. The number of fused-ring (bicyclic) bond motifs is 1. The SMILES string of the molecule is Nc1cc(F)c(CCN2C(=O)COC2c2cn(-c3ccc(Br)cc3)nc2-c2ccc(F)cc2)cc1N.O=C1COC(c2cn(-c3ccc(Br)cc3)nc2-c2ccc(F)cc2)N1CCc1cc2n[nH]nc2cc1F.O=N[O-].[Na+]. The zero-order valence-corrected chi connectivity index (χ0v) is 45.7. The average molecular weight is 1190 g/mol. The number of nitrogens with one attached hydrogen (secondary N) is 1. The van der Waals surface area contributed by atoms with Gasteiger partial charge in [-0.3, -0.25) is 9.59 Å². The number of hydrogen-bond acceptors (Lipinski definition) is 13. The molecule has 0 aliphatic carbocycles. The molecule has 25 heteroatoms. The minimum absolute atomic E-state index is 0. The molecule has 2 fully saturated rings. The van der Waals surface area contributed by atoms with E-state index >= 15 is 0 Å². The van der Waals surface area contributed by atoms with Crippen LogP contribution in [0.1, 0.15) is 34.7 Å². The molecule has 2 saturated heterocycles. The molecule has 3 aromatic heterocycles. The van der Waals surface area contributed by atoms with Gasteiger partial charge in [-0.15, -0.1) is 5.34 Å². The number of H-pyrrole nitrogens is 1. The Hall–Kier alpha value is -7.32. The fraction of sp³-hybridized carbons (Fsp3) is 0.154. The van der Waals surface area contributed by atoms with E-state index in [1.807, 2.05) is 48.5 Å². The normalized spacial score (nSPS) is 15.0. The fourth-order valence-corrected chi connectivity index (χ4v) is 9.11. The Morgan fingerprint density at radius 2 is 1.00 bits per heavy atom. The number of rotatable bonds is 12. The Morgan fingerprint density at radius 1 is 0.610 bits per heavy atom. The van der Waals surface area contributed by atoms with Crippen molar-refractivity contribution in [1.29, 1.82) is 0 Å². The topological polar surface area (TPSA) is 241 Å². The van der Waals surface area contributed by atoms with Gasteiger partial charge in [-0.25, -0.2) is 26.9 Å². The molecule has 5 heterocycles. The Kier molecular flexibility index (Phi) is 18.0. The van der Waals surface area contributed by atoms with Gasteiger partial charge in [-0.2, -0.15) is 25.6 Å². The molecule has 0 spiro atoms. The summed E-state index contributed by atoms with van der Waals surface area (Å²) >= 11 is 6.87. The molecule has 0 saturated carbocycles. The number of benzene rings is 6. The van der Waals surface area contributed by atoms with E-state index in [1.165, 1.54) is 42.5 Å². The summed E-state index contributed by atoms with van der Waals surface area (Å²) in [5.74, 6) is -2.08. The van der Waals surface area contributed by atoms with Crippen molar-refractivity contribution >= 4 is 66.1 Å². The summed E-state index contributed by atoms with van der Waals surface area (Å²) in [5, 5.41) is 28.9.